The second kappa shape index (κ2) is 6.09. The maximum absolute atomic E-state index is 3.55. The molecule has 0 aromatic heterocycles. The van der Waals surface area contributed by atoms with E-state index < -0.39 is 0 Å². The van der Waals surface area contributed by atoms with Gasteiger partial charge in [-0.15, -0.1) is 0 Å². The van der Waals surface area contributed by atoms with E-state index in [2.05, 4.69) is 52.3 Å². The first-order valence-corrected chi connectivity index (χ1v) is 8.20. The molecular weight excluding hydrogens is 240 g/mol. The van der Waals surface area contributed by atoms with Crippen molar-refractivity contribution in [2.45, 2.75) is 24.9 Å². The molecule has 0 radical (unpaired) electrons. The lowest BCUT2D eigenvalue weighted by atomic mass is 10.00. The zero-order chi connectivity index (χ0) is 12.2. The maximum atomic E-state index is 3.55. The van der Waals surface area contributed by atoms with E-state index in [1.807, 2.05) is 0 Å². The van der Waals surface area contributed by atoms with Crippen molar-refractivity contribution in [1.82, 2.24) is 10.2 Å². The van der Waals surface area contributed by atoms with Gasteiger partial charge < -0.3 is 5.32 Å². The SMILES string of the molecule is c1ccc(C2CNCCN2C2CCCSC2)cc1. The van der Waals surface area contributed by atoms with Gasteiger partial charge in [-0.1, -0.05) is 30.3 Å². The van der Waals surface area contributed by atoms with Crippen LogP contribution in [0.15, 0.2) is 30.3 Å². The van der Waals surface area contributed by atoms with Gasteiger partial charge >= 0.3 is 0 Å². The highest BCUT2D eigenvalue weighted by atomic mass is 32.2. The van der Waals surface area contributed by atoms with Crippen molar-refractivity contribution in [3.63, 3.8) is 0 Å². The minimum Gasteiger partial charge on any atom is -0.314 e. The van der Waals surface area contributed by atoms with E-state index >= 15 is 0 Å². The molecule has 3 rings (SSSR count). The van der Waals surface area contributed by atoms with Crippen molar-refractivity contribution >= 4 is 11.8 Å². The average Bonchev–Trinajstić information content (AvgIpc) is 2.49. The van der Waals surface area contributed by atoms with Crippen LogP contribution < -0.4 is 5.32 Å². The van der Waals surface area contributed by atoms with Crippen LogP contribution in [0.5, 0.6) is 0 Å². The van der Waals surface area contributed by atoms with Crippen LogP contribution in [0.1, 0.15) is 24.4 Å². The normalized spacial score (nSPS) is 30.2. The predicted molar refractivity (Wildman–Crippen MR) is 79.1 cm³/mol. The van der Waals surface area contributed by atoms with E-state index in [-0.39, 0.29) is 0 Å². The number of nitrogens with zero attached hydrogens (tertiary/aromatic N) is 1. The van der Waals surface area contributed by atoms with Crippen LogP contribution in [-0.2, 0) is 0 Å². The summed E-state index contributed by atoms with van der Waals surface area (Å²) in [6, 6.07) is 12.4. The smallest absolute Gasteiger partial charge is 0.0476 e. The van der Waals surface area contributed by atoms with Crippen molar-refractivity contribution in [2.24, 2.45) is 0 Å². The number of thioether (sulfide) groups is 1. The molecule has 2 nitrogen and oxygen atoms in total. The largest absolute Gasteiger partial charge is 0.314 e. The van der Waals surface area contributed by atoms with Gasteiger partial charge in [-0.2, -0.15) is 11.8 Å². The highest BCUT2D eigenvalue weighted by molar-refractivity contribution is 7.99. The second-order valence-electron chi connectivity index (χ2n) is 5.24. The van der Waals surface area contributed by atoms with E-state index in [1.54, 1.807) is 0 Å². The highest BCUT2D eigenvalue weighted by Crippen LogP contribution is 2.30. The Labute approximate surface area is 114 Å². The number of benzene rings is 1. The molecule has 2 aliphatic rings. The molecule has 2 aliphatic heterocycles. The second-order valence-corrected chi connectivity index (χ2v) is 6.39. The van der Waals surface area contributed by atoms with E-state index in [1.165, 1.54) is 36.5 Å². The standard InChI is InChI=1S/C15H22N2S/c1-2-5-13(6-3-1)15-11-16-8-9-17(15)14-7-4-10-18-12-14/h1-3,5-6,14-16H,4,7-12H2. The fourth-order valence-corrected chi connectivity index (χ4v) is 4.29. The van der Waals surface area contributed by atoms with Gasteiger partial charge in [0.15, 0.2) is 0 Å². The van der Waals surface area contributed by atoms with E-state index in [9.17, 15) is 0 Å². The summed E-state index contributed by atoms with van der Waals surface area (Å²) in [7, 11) is 0. The summed E-state index contributed by atoms with van der Waals surface area (Å²) in [4.78, 5) is 2.75. The molecular formula is C15H22N2S. The zero-order valence-corrected chi connectivity index (χ0v) is 11.7. The number of nitrogens with one attached hydrogen (secondary N) is 1. The van der Waals surface area contributed by atoms with E-state index in [0.29, 0.717) is 6.04 Å². The maximum Gasteiger partial charge on any atom is 0.0476 e. The Morgan fingerprint density at radius 2 is 2.11 bits per heavy atom. The van der Waals surface area contributed by atoms with Crippen molar-refractivity contribution in [3.05, 3.63) is 35.9 Å². The number of hydrogen-bond acceptors (Lipinski definition) is 3. The van der Waals surface area contributed by atoms with Crippen LogP contribution in [0.4, 0.5) is 0 Å². The van der Waals surface area contributed by atoms with Gasteiger partial charge in [0, 0.05) is 37.5 Å². The molecule has 0 spiro atoms. The van der Waals surface area contributed by atoms with Crippen LogP contribution in [0.2, 0.25) is 0 Å². The lowest BCUT2D eigenvalue weighted by Gasteiger charge is -2.43. The molecule has 0 amide bonds. The molecule has 18 heavy (non-hydrogen) atoms. The van der Waals surface area contributed by atoms with Gasteiger partial charge in [-0.25, -0.2) is 0 Å². The Kier molecular flexibility index (Phi) is 4.24. The van der Waals surface area contributed by atoms with Gasteiger partial charge in [0.1, 0.15) is 0 Å². The molecule has 2 atom stereocenters. The Morgan fingerprint density at radius 3 is 2.89 bits per heavy atom. The number of piperazine rings is 1. The van der Waals surface area contributed by atoms with Gasteiger partial charge in [-0.3, -0.25) is 4.90 Å². The van der Waals surface area contributed by atoms with E-state index in [0.717, 1.165) is 19.1 Å². The Balaban J connectivity index is 1.77. The first kappa shape index (κ1) is 12.5. The summed E-state index contributed by atoms with van der Waals surface area (Å²) in [6.07, 6.45) is 2.77. The quantitative estimate of drug-likeness (QED) is 0.882. The summed E-state index contributed by atoms with van der Waals surface area (Å²) >= 11 is 2.13. The van der Waals surface area contributed by atoms with Crippen molar-refractivity contribution in [1.29, 1.82) is 0 Å². The minimum atomic E-state index is 0.573. The molecule has 2 heterocycles. The molecule has 2 fully saturated rings. The summed E-state index contributed by atoms with van der Waals surface area (Å²) < 4.78 is 0. The monoisotopic (exact) mass is 262 g/mol. The summed E-state index contributed by atoms with van der Waals surface area (Å²) in [5.74, 6) is 2.68. The Hall–Kier alpha value is -0.510. The minimum absolute atomic E-state index is 0.573. The third kappa shape index (κ3) is 2.73. The number of hydrogen-bond donors (Lipinski definition) is 1. The van der Waals surface area contributed by atoms with Gasteiger partial charge in [-0.05, 0) is 24.2 Å². The summed E-state index contributed by atoms with van der Waals surface area (Å²) in [5, 5.41) is 3.55. The molecule has 2 unspecified atom stereocenters. The summed E-state index contributed by atoms with van der Waals surface area (Å²) in [6.45, 7) is 3.44. The number of rotatable bonds is 2. The van der Waals surface area contributed by atoms with Crippen molar-refractivity contribution < 1.29 is 0 Å². The molecule has 3 heteroatoms. The first-order chi connectivity index (χ1) is 8.95. The van der Waals surface area contributed by atoms with Crippen LogP contribution in [0.25, 0.3) is 0 Å². The molecule has 1 N–H and O–H groups in total. The van der Waals surface area contributed by atoms with Crippen LogP contribution in [0.3, 0.4) is 0 Å². The molecule has 2 saturated heterocycles. The molecule has 1 aromatic rings. The van der Waals surface area contributed by atoms with Crippen molar-refractivity contribution in [2.75, 3.05) is 31.1 Å². The zero-order valence-electron chi connectivity index (χ0n) is 10.8. The molecule has 0 saturated carbocycles. The highest BCUT2D eigenvalue weighted by Gasteiger charge is 2.30. The predicted octanol–water partition coefficient (Wildman–Crippen LogP) is 2.53. The fourth-order valence-electron chi connectivity index (χ4n) is 3.13. The summed E-state index contributed by atoms with van der Waals surface area (Å²) in [5.41, 5.74) is 1.47. The fraction of sp³-hybridized carbons (Fsp3) is 0.600. The molecule has 1 aromatic carbocycles. The lowest BCUT2D eigenvalue weighted by molar-refractivity contribution is 0.110. The molecule has 98 valence electrons. The van der Waals surface area contributed by atoms with E-state index in [4.69, 9.17) is 0 Å². The van der Waals surface area contributed by atoms with Gasteiger partial charge in [0.2, 0.25) is 0 Å². The van der Waals surface area contributed by atoms with Crippen LogP contribution >= 0.6 is 11.8 Å². The van der Waals surface area contributed by atoms with Crippen LogP contribution in [0, 0.1) is 0 Å². The Bertz CT molecular complexity index is 362. The Morgan fingerprint density at radius 1 is 1.22 bits per heavy atom. The van der Waals surface area contributed by atoms with Crippen LogP contribution in [-0.4, -0.2) is 42.1 Å². The van der Waals surface area contributed by atoms with Gasteiger partial charge in [0.25, 0.3) is 0 Å². The third-order valence-electron chi connectivity index (χ3n) is 4.07. The molecule has 0 bridgehead atoms. The lowest BCUT2D eigenvalue weighted by Crippen LogP contribution is -2.51. The topological polar surface area (TPSA) is 15.3 Å². The van der Waals surface area contributed by atoms with Gasteiger partial charge in [0.05, 0.1) is 0 Å². The third-order valence-corrected chi connectivity index (χ3v) is 5.27. The van der Waals surface area contributed by atoms with Crippen molar-refractivity contribution in [3.8, 4) is 0 Å². The first-order valence-electron chi connectivity index (χ1n) is 7.04. The average molecular weight is 262 g/mol. The molecule has 0 aliphatic carbocycles.